The predicted molar refractivity (Wildman–Crippen MR) is 171 cm³/mol. The van der Waals surface area contributed by atoms with Gasteiger partial charge in [0.2, 0.25) is 0 Å². The molecule has 0 spiro atoms. The molecule has 2 heteroatoms. The summed E-state index contributed by atoms with van der Waals surface area (Å²) >= 11 is 0. The van der Waals surface area contributed by atoms with Crippen LogP contribution in [0.1, 0.15) is 220 Å². The van der Waals surface area contributed by atoms with E-state index in [4.69, 9.17) is 9.78 Å². The van der Waals surface area contributed by atoms with Crippen LogP contribution < -0.4 is 0 Å². The van der Waals surface area contributed by atoms with E-state index in [1.807, 2.05) is 6.92 Å². The van der Waals surface area contributed by atoms with Crippen molar-refractivity contribution >= 4 is 0 Å². The first-order chi connectivity index (χ1) is 18.7. The summed E-state index contributed by atoms with van der Waals surface area (Å²) < 4.78 is 0. The van der Waals surface area contributed by atoms with Crippen molar-refractivity contribution in [2.75, 3.05) is 6.61 Å². The average Bonchev–Trinajstić information content (AvgIpc) is 2.92. The van der Waals surface area contributed by atoms with Crippen molar-refractivity contribution in [1.29, 1.82) is 0 Å². The van der Waals surface area contributed by atoms with Crippen LogP contribution in [-0.2, 0) is 9.78 Å². The maximum absolute atomic E-state index is 5.91. The van der Waals surface area contributed by atoms with Crippen molar-refractivity contribution < 1.29 is 9.78 Å². The molecule has 0 aliphatic heterocycles. The maximum atomic E-state index is 5.91. The first-order valence-electron chi connectivity index (χ1n) is 18.0. The van der Waals surface area contributed by atoms with Crippen molar-refractivity contribution in [3.05, 3.63) is 0 Å². The zero-order valence-electron chi connectivity index (χ0n) is 27.2. The minimum Gasteiger partial charge on any atom is -0.236 e. The monoisotopic (exact) mass is 539 g/mol. The van der Waals surface area contributed by atoms with E-state index in [2.05, 4.69) is 20.8 Å². The van der Waals surface area contributed by atoms with Gasteiger partial charge >= 0.3 is 0 Å². The minimum absolute atomic E-state index is 0.0930. The van der Waals surface area contributed by atoms with Crippen molar-refractivity contribution in [2.45, 2.75) is 226 Å². The second-order valence-corrected chi connectivity index (χ2v) is 12.6. The van der Waals surface area contributed by atoms with Gasteiger partial charge in [0, 0.05) is 0 Å². The third kappa shape index (κ3) is 28.9. The number of hydrogen-bond acceptors (Lipinski definition) is 2. The molecule has 0 aromatic heterocycles. The summed E-state index contributed by atoms with van der Waals surface area (Å²) in [6, 6.07) is 0. The molecule has 0 saturated carbocycles. The molecule has 0 bridgehead atoms. The SMILES string of the molecule is CCCCCCCCCCCCCCCCC(C)(CCCCCCCCCCCCCCCC)OOCC. The van der Waals surface area contributed by atoms with E-state index in [9.17, 15) is 0 Å². The van der Waals surface area contributed by atoms with E-state index >= 15 is 0 Å². The molecule has 0 atom stereocenters. The van der Waals surface area contributed by atoms with Gasteiger partial charge in [0.1, 0.15) is 5.60 Å². The van der Waals surface area contributed by atoms with Crippen molar-refractivity contribution in [3.63, 3.8) is 0 Å². The zero-order chi connectivity index (χ0) is 27.8. The second kappa shape index (κ2) is 31.4. The lowest BCUT2D eigenvalue weighted by Crippen LogP contribution is -2.29. The van der Waals surface area contributed by atoms with Gasteiger partial charge in [-0.05, 0) is 26.7 Å². The van der Waals surface area contributed by atoms with Gasteiger partial charge in [-0.15, -0.1) is 0 Å². The van der Waals surface area contributed by atoms with Crippen LogP contribution in [-0.4, -0.2) is 12.2 Å². The lowest BCUT2D eigenvalue weighted by atomic mass is 9.91. The summed E-state index contributed by atoms with van der Waals surface area (Å²) in [6.07, 6.45) is 41.9. The smallest absolute Gasteiger partial charge is 0.101 e. The molecule has 0 fully saturated rings. The van der Waals surface area contributed by atoms with Crippen LogP contribution in [0.15, 0.2) is 0 Å². The van der Waals surface area contributed by atoms with Gasteiger partial charge in [-0.1, -0.05) is 194 Å². The van der Waals surface area contributed by atoms with E-state index in [0.717, 1.165) is 12.8 Å². The van der Waals surface area contributed by atoms with Gasteiger partial charge in [-0.3, -0.25) is 0 Å². The van der Waals surface area contributed by atoms with Gasteiger partial charge in [0.05, 0.1) is 6.61 Å². The van der Waals surface area contributed by atoms with Gasteiger partial charge < -0.3 is 0 Å². The predicted octanol–water partition coefficient (Wildman–Crippen LogP) is 13.5. The maximum Gasteiger partial charge on any atom is 0.101 e. The molecule has 0 aliphatic rings. The second-order valence-electron chi connectivity index (χ2n) is 12.6. The van der Waals surface area contributed by atoms with Crippen LogP contribution in [0.2, 0.25) is 0 Å². The first kappa shape index (κ1) is 37.9. The molecule has 0 heterocycles. The Labute approximate surface area is 242 Å². The Morgan fingerprint density at radius 1 is 0.342 bits per heavy atom. The van der Waals surface area contributed by atoms with E-state index in [-0.39, 0.29) is 5.60 Å². The quantitative estimate of drug-likeness (QED) is 0.0470. The average molecular weight is 539 g/mol. The Hall–Kier alpha value is -0.0800. The first-order valence-corrected chi connectivity index (χ1v) is 18.0. The summed E-state index contributed by atoms with van der Waals surface area (Å²) in [4.78, 5) is 11.3. The van der Waals surface area contributed by atoms with Crippen LogP contribution in [0.25, 0.3) is 0 Å². The molecule has 0 aliphatic carbocycles. The van der Waals surface area contributed by atoms with Crippen LogP contribution in [0.5, 0.6) is 0 Å². The van der Waals surface area contributed by atoms with Crippen molar-refractivity contribution in [3.8, 4) is 0 Å². The Morgan fingerprint density at radius 3 is 0.816 bits per heavy atom. The van der Waals surface area contributed by atoms with E-state index in [1.165, 1.54) is 180 Å². The van der Waals surface area contributed by atoms with E-state index in [0.29, 0.717) is 6.61 Å². The summed E-state index contributed by atoms with van der Waals surface area (Å²) in [6.45, 7) is 9.56. The third-order valence-electron chi connectivity index (χ3n) is 8.50. The zero-order valence-corrected chi connectivity index (χ0v) is 27.2. The van der Waals surface area contributed by atoms with Crippen LogP contribution >= 0.6 is 0 Å². The standard InChI is InChI=1S/C36H74O2/c1-5-8-10-12-14-16-18-20-22-24-26-28-30-32-34-36(4,38-37-7-3)35-33-31-29-27-25-23-21-19-17-15-13-11-9-6-2/h5-35H2,1-4H3. The van der Waals surface area contributed by atoms with Gasteiger partial charge in [0.15, 0.2) is 0 Å². The largest absolute Gasteiger partial charge is 0.236 e. The Morgan fingerprint density at radius 2 is 0.579 bits per heavy atom. The molecule has 0 saturated heterocycles. The van der Waals surface area contributed by atoms with Gasteiger partial charge in [-0.2, -0.15) is 0 Å². The molecule has 230 valence electrons. The van der Waals surface area contributed by atoms with Gasteiger partial charge in [-0.25, -0.2) is 9.78 Å². The Balaban J connectivity index is 3.62. The molecular formula is C36H74O2. The van der Waals surface area contributed by atoms with Crippen molar-refractivity contribution in [1.82, 2.24) is 0 Å². The molecule has 0 rings (SSSR count). The highest BCUT2D eigenvalue weighted by molar-refractivity contribution is 4.74. The summed E-state index contributed by atoms with van der Waals surface area (Å²) in [7, 11) is 0. The topological polar surface area (TPSA) is 18.5 Å². The lowest BCUT2D eigenvalue weighted by Gasteiger charge is -2.28. The van der Waals surface area contributed by atoms with Crippen LogP contribution in [0.3, 0.4) is 0 Å². The molecule has 0 unspecified atom stereocenters. The highest BCUT2D eigenvalue weighted by Gasteiger charge is 2.25. The normalized spacial score (nSPS) is 12.0. The molecule has 38 heavy (non-hydrogen) atoms. The minimum atomic E-state index is -0.0930. The fraction of sp³-hybridized carbons (Fsp3) is 1.00. The molecule has 2 nitrogen and oxygen atoms in total. The van der Waals surface area contributed by atoms with Gasteiger partial charge in [0.25, 0.3) is 0 Å². The third-order valence-corrected chi connectivity index (χ3v) is 8.50. The van der Waals surface area contributed by atoms with Crippen LogP contribution in [0.4, 0.5) is 0 Å². The lowest BCUT2D eigenvalue weighted by molar-refractivity contribution is -0.358. The summed E-state index contributed by atoms with van der Waals surface area (Å²) in [5, 5.41) is 0. The number of hydrogen-bond donors (Lipinski definition) is 0. The van der Waals surface area contributed by atoms with Crippen molar-refractivity contribution in [2.24, 2.45) is 0 Å². The Kier molecular flexibility index (Phi) is 31.4. The van der Waals surface area contributed by atoms with E-state index < -0.39 is 0 Å². The molecule has 0 N–H and O–H groups in total. The van der Waals surface area contributed by atoms with Crippen LogP contribution in [0, 0.1) is 0 Å². The highest BCUT2D eigenvalue weighted by Crippen LogP contribution is 2.27. The molecule has 0 radical (unpaired) electrons. The Bertz CT molecular complexity index is 390. The fourth-order valence-corrected chi connectivity index (χ4v) is 5.80. The molecule has 0 aromatic rings. The molecule has 0 aromatic carbocycles. The van der Waals surface area contributed by atoms with E-state index in [1.54, 1.807) is 0 Å². The summed E-state index contributed by atoms with van der Waals surface area (Å²) in [5.41, 5.74) is -0.0930. The fourth-order valence-electron chi connectivity index (χ4n) is 5.80. The molecular weight excluding hydrogens is 464 g/mol. The number of unbranched alkanes of at least 4 members (excludes halogenated alkanes) is 26. The highest BCUT2D eigenvalue weighted by atomic mass is 17.2. The number of rotatable bonds is 33. The molecule has 0 amide bonds. The summed E-state index contributed by atoms with van der Waals surface area (Å²) in [5.74, 6) is 0.